The summed E-state index contributed by atoms with van der Waals surface area (Å²) in [6.45, 7) is 5.97. The van der Waals surface area contributed by atoms with E-state index in [1.807, 2.05) is 32.0 Å². The minimum Gasteiger partial charge on any atom is -0.358 e. The molecular formula is C23H24FN3O2. The third-order valence-electron chi connectivity index (χ3n) is 5.73. The van der Waals surface area contributed by atoms with Gasteiger partial charge in [-0.2, -0.15) is 0 Å². The van der Waals surface area contributed by atoms with E-state index in [9.17, 15) is 14.0 Å². The van der Waals surface area contributed by atoms with Gasteiger partial charge in [0.15, 0.2) is 0 Å². The van der Waals surface area contributed by atoms with Crippen molar-refractivity contribution in [3.8, 4) is 0 Å². The number of amides is 2. The number of rotatable bonds is 2. The van der Waals surface area contributed by atoms with Crippen LogP contribution in [0.2, 0.25) is 0 Å². The Kier molecular flexibility index (Phi) is 5.09. The van der Waals surface area contributed by atoms with Gasteiger partial charge in [0.1, 0.15) is 5.82 Å². The van der Waals surface area contributed by atoms with Crippen LogP contribution in [0.1, 0.15) is 38.4 Å². The smallest absolute Gasteiger partial charge is 0.256 e. The van der Waals surface area contributed by atoms with E-state index in [2.05, 4.69) is 4.98 Å². The Hall–Kier alpha value is -3.15. The molecule has 0 bridgehead atoms. The Morgan fingerprint density at radius 3 is 2.34 bits per heavy atom. The Balaban J connectivity index is 1.49. The lowest BCUT2D eigenvalue weighted by atomic mass is 10.1. The van der Waals surface area contributed by atoms with Crippen LogP contribution < -0.4 is 0 Å². The second kappa shape index (κ2) is 7.70. The number of aromatic amines is 1. The van der Waals surface area contributed by atoms with Crippen LogP contribution in [-0.2, 0) is 0 Å². The molecule has 1 fully saturated rings. The molecule has 5 nitrogen and oxygen atoms in total. The fourth-order valence-corrected chi connectivity index (χ4v) is 3.91. The third-order valence-corrected chi connectivity index (χ3v) is 5.73. The number of halogens is 1. The van der Waals surface area contributed by atoms with Crippen molar-refractivity contribution >= 4 is 22.7 Å². The highest BCUT2D eigenvalue weighted by atomic mass is 19.1. The number of hydrogen-bond acceptors (Lipinski definition) is 2. The van der Waals surface area contributed by atoms with Crippen molar-refractivity contribution in [2.75, 3.05) is 26.2 Å². The first kappa shape index (κ1) is 19.2. The van der Waals surface area contributed by atoms with Gasteiger partial charge in [-0.3, -0.25) is 9.59 Å². The second-order valence-corrected chi connectivity index (χ2v) is 7.55. The van der Waals surface area contributed by atoms with Crippen molar-refractivity contribution in [2.45, 2.75) is 20.3 Å². The van der Waals surface area contributed by atoms with Gasteiger partial charge in [-0.15, -0.1) is 0 Å². The molecule has 0 unspecified atom stereocenters. The molecule has 0 atom stereocenters. The van der Waals surface area contributed by atoms with E-state index in [0.717, 1.165) is 22.2 Å². The minimum atomic E-state index is -0.514. The lowest BCUT2D eigenvalue weighted by Gasteiger charge is -2.22. The van der Waals surface area contributed by atoms with Gasteiger partial charge in [0, 0.05) is 48.3 Å². The Morgan fingerprint density at radius 2 is 1.62 bits per heavy atom. The fourth-order valence-electron chi connectivity index (χ4n) is 3.91. The Morgan fingerprint density at radius 1 is 0.931 bits per heavy atom. The SMILES string of the molecule is Cc1[nH]c2ccc(C(=O)N3CCCN(C(=O)c4ccccc4F)CC3)cc2c1C. The average molecular weight is 393 g/mol. The molecular weight excluding hydrogens is 369 g/mol. The maximum absolute atomic E-state index is 14.0. The molecule has 0 saturated carbocycles. The van der Waals surface area contributed by atoms with Crippen LogP contribution in [0.4, 0.5) is 4.39 Å². The number of hydrogen-bond donors (Lipinski definition) is 1. The zero-order chi connectivity index (χ0) is 20.5. The molecule has 29 heavy (non-hydrogen) atoms. The van der Waals surface area contributed by atoms with Crippen molar-refractivity contribution in [1.82, 2.24) is 14.8 Å². The summed E-state index contributed by atoms with van der Waals surface area (Å²) < 4.78 is 14.0. The molecule has 1 aromatic heterocycles. The van der Waals surface area contributed by atoms with Gasteiger partial charge in [0.05, 0.1) is 5.56 Å². The maximum Gasteiger partial charge on any atom is 0.256 e. The summed E-state index contributed by atoms with van der Waals surface area (Å²) in [5.74, 6) is -0.872. The minimum absolute atomic E-state index is 0.0367. The van der Waals surface area contributed by atoms with E-state index in [1.165, 1.54) is 12.1 Å². The molecule has 1 aliphatic rings. The lowest BCUT2D eigenvalue weighted by molar-refractivity contribution is 0.0716. The number of carbonyl (C=O) groups is 2. The van der Waals surface area contributed by atoms with Gasteiger partial charge in [-0.1, -0.05) is 12.1 Å². The molecule has 2 aromatic carbocycles. The average Bonchev–Trinajstić information content (AvgIpc) is 2.90. The largest absolute Gasteiger partial charge is 0.358 e. The molecule has 0 aliphatic carbocycles. The van der Waals surface area contributed by atoms with Crippen molar-refractivity contribution in [1.29, 1.82) is 0 Å². The van der Waals surface area contributed by atoms with Gasteiger partial charge < -0.3 is 14.8 Å². The molecule has 0 radical (unpaired) electrons. The summed E-state index contributed by atoms with van der Waals surface area (Å²) in [5, 5.41) is 1.06. The topological polar surface area (TPSA) is 56.4 Å². The number of benzene rings is 2. The zero-order valence-corrected chi connectivity index (χ0v) is 16.7. The molecule has 4 rings (SSSR count). The lowest BCUT2D eigenvalue weighted by Crippen LogP contribution is -2.37. The van der Waals surface area contributed by atoms with Crippen LogP contribution in [0, 0.1) is 19.7 Å². The van der Waals surface area contributed by atoms with Crippen molar-refractivity contribution in [2.24, 2.45) is 0 Å². The molecule has 1 aliphatic heterocycles. The first-order valence-electron chi connectivity index (χ1n) is 9.87. The molecule has 2 heterocycles. The van der Waals surface area contributed by atoms with Gasteiger partial charge >= 0.3 is 0 Å². The fraction of sp³-hybridized carbons (Fsp3) is 0.304. The number of carbonyl (C=O) groups excluding carboxylic acids is 2. The van der Waals surface area contributed by atoms with Crippen LogP contribution in [0.15, 0.2) is 42.5 Å². The summed E-state index contributed by atoms with van der Waals surface area (Å²) >= 11 is 0. The molecule has 2 amide bonds. The molecule has 3 aromatic rings. The van der Waals surface area contributed by atoms with Crippen LogP contribution in [0.3, 0.4) is 0 Å². The van der Waals surface area contributed by atoms with Crippen LogP contribution >= 0.6 is 0 Å². The maximum atomic E-state index is 14.0. The van der Waals surface area contributed by atoms with Gasteiger partial charge in [0.25, 0.3) is 11.8 Å². The normalized spacial score (nSPS) is 14.9. The summed E-state index contributed by atoms with van der Waals surface area (Å²) in [6, 6.07) is 11.7. The van der Waals surface area contributed by atoms with Gasteiger partial charge in [-0.05, 0) is 56.2 Å². The van der Waals surface area contributed by atoms with E-state index in [0.29, 0.717) is 38.2 Å². The quantitative estimate of drug-likeness (QED) is 0.718. The van der Waals surface area contributed by atoms with Crippen LogP contribution in [0.5, 0.6) is 0 Å². The van der Waals surface area contributed by atoms with Crippen molar-refractivity contribution in [3.63, 3.8) is 0 Å². The number of H-pyrrole nitrogens is 1. The zero-order valence-electron chi connectivity index (χ0n) is 16.7. The standard InChI is InChI=1S/C23H24FN3O2/c1-15-16(2)25-21-9-8-17(14-19(15)21)22(28)26-10-5-11-27(13-12-26)23(29)18-6-3-4-7-20(18)24/h3-4,6-9,14,25H,5,10-13H2,1-2H3. The highest BCUT2D eigenvalue weighted by molar-refractivity contribution is 5.99. The van der Waals surface area contributed by atoms with Crippen molar-refractivity contribution < 1.29 is 14.0 Å². The predicted molar refractivity (Wildman–Crippen MR) is 111 cm³/mol. The highest BCUT2D eigenvalue weighted by Gasteiger charge is 2.25. The summed E-state index contributed by atoms with van der Waals surface area (Å²) in [5.41, 5.74) is 3.99. The summed E-state index contributed by atoms with van der Waals surface area (Å²) in [7, 11) is 0. The van der Waals surface area contributed by atoms with E-state index in [1.54, 1.807) is 21.9 Å². The Bertz CT molecular complexity index is 1090. The first-order valence-corrected chi connectivity index (χ1v) is 9.87. The number of nitrogens with zero attached hydrogens (tertiary/aromatic N) is 2. The monoisotopic (exact) mass is 393 g/mol. The molecule has 1 N–H and O–H groups in total. The molecule has 6 heteroatoms. The van der Waals surface area contributed by atoms with Gasteiger partial charge in [0.2, 0.25) is 0 Å². The summed E-state index contributed by atoms with van der Waals surface area (Å²) in [4.78, 5) is 32.5. The number of aryl methyl sites for hydroxylation is 2. The Labute approximate surface area is 169 Å². The third kappa shape index (κ3) is 3.62. The first-order chi connectivity index (χ1) is 14.0. The van der Waals surface area contributed by atoms with E-state index < -0.39 is 5.82 Å². The molecule has 1 saturated heterocycles. The van der Waals surface area contributed by atoms with Crippen LogP contribution in [-0.4, -0.2) is 52.8 Å². The van der Waals surface area contributed by atoms with E-state index in [-0.39, 0.29) is 17.4 Å². The summed E-state index contributed by atoms with van der Waals surface area (Å²) in [6.07, 6.45) is 0.663. The van der Waals surface area contributed by atoms with E-state index in [4.69, 9.17) is 0 Å². The highest BCUT2D eigenvalue weighted by Crippen LogP contribution is 2.23. The second-order valence-electron chi connectivity index (χ2n) is 7.55. The molecule has 150 valence electrons. The molecule has 0 spiro atoms. The van der Waals surface area contributed by atoms with Crippen LogP contribution in [0.25, 0.3) is 10.9 Å². The predicted octanol–water partition coefficient (Wildman–Crippen LogP) is 3.91. The number of nitrogens with one attached hydrogen (secondary N) is 1. The van der Waals surface area contributed by atoms with Gasteiger partial charge in [-0.25, -0.2) is 4.39 Å². The van der Waals surface area contributed by atoms with Crippen molar-refractivity contribution in [3.05, 3.63) is 70.7 Å². The number of aromatic nitrogens is 1. The number of fused-ring (bicyclic) bond motifs is 1. The van der Waals surface area contributed by atoms with E-state index >= 15 is 0 Å².